The lowest BCUT2D eigenvalue weighted by molar-refractivity contribution is 0.378. The van der Waals surface area contributed by atoms with Gasteiger partial charge in [-0.25, -0.2) is 19.9 Å². The van der Waals surface area contributed by atoms with Crippen molar-refractivity contribution < 1.29 is 0 Å². The van der Waals surface area contributed by atoms with E-state index in [0.29, 0.717) is 12.5 Å². The van der Waals surface area contributed by atoms with Gasteiger partial charge in [0.05, 0.1) is 6.54 Å². The van der Waals surface area contributed by atoms with Crippen molar-refractivity contribution in [2.24, 2.45) is 10.7 Å². The molecule has 2 aliphatic rings. The normalized spacial score (nSPS) is 17.4. The van der Waals surface area contributed by atoms with Crippen molar-refractivity contribution in [3.8, 4) is 0 Å². The van der Waals surface area contributed by atoms with Crippen LogP contribution in [0.1, 0.15) is 24.1 Å². The number of nitrogens with zero attached hydrogens (tertiary/aromatic N) is 7. The summed E-state index contributed by atoms with van der Waals surface area (Å²) in [6, 6.07) is 6.08. The maximum absolute atomic E-state index is 6.28. The Balaban J connectivity index is 0.00000240. The van der Waals surface area contributed by atoms with E-state index in [-0.39, 0.29) is 24.0 Å². The molecule has 4 heterocycles. The average Bonchev–Trinajstić information content (AvgIpc) is 3.27. The average molecular weight is 508 g/mol. The van der Waals surface area contributed by atoms with E-state index in [2.05, 4.69) is 46.8 Å². The van der Waals surface area contributed by atoms with E-state index in [1.807, 2.05) is 13.0 Å². The predicted octanol–water partition coefficient (Wildman–Crippen LogP) is 2.04. The Labute approximate surface area is 189 Å². The Morgan fingerprint density at radius 1 is 1.00 bits per heavy atom. The minimum absolute atomic E-state index is 0. The van der Waals surface area contributed by atoms with Crippen LogP contribution in [0.25, 0.3) is 0 Å². The number of halogens is 1. The number of aryl methyl sites for hydroxylation is 1. The molecule has 0 unspecified atom stereocenters. The van der Waals surface area contributed by atoms with E-state index in [4.69, 9.17) is 5.73 Å². The zero-order valence-corrected chi connectivity index (χ0v) is 19.2. The van der Waals surface area contributed by atoms with Gasteiger partial charge < -0.3 is 20.4 Å². The van der Waals surface area contributed by atoms with Crippen LogP contribution in [-0.4, -0.2) is 65.1 Å². The molecule has 29 heavy (non-hydrogen) atoms. The minimum atomic E-state index is 0. The molecule has 0 radical (unpaired) electrons. The van der Waals surface area contributed by atoms with Crippen molar-refractivity contribution in [1.82, 2.24) is 19.9 Å². The van der Waals surface area contributed by atoms with Gasteiger partial charge in [-0.2, -0.15) is 0 Å². The second kappa shape index (κ2) is 10.0. The zero-order valence-electron chi connectivity index (χ0n) is 16.9. The van der Waals surface area contributed by atoms with Crippen LogP contribution in [0.4, 0.5) is 11.8 Å². The molecule has 8 nitrogen and oxygen atoms in total. The molecule has 2 aromatic rings. The molecule has 9 heteroatoms. The summed E-state index contributed by atoms with van der Waals surface area (Å²) in [6.07, 6.45) is 6.04. The molecule has 0 atom stereocenters. The summed E-state index contributed by atoms with van der Waals surface area (Å²) in [7, 11) is 0. The molecule has 2 aromatic heterocycles. The Morgan fingerprint density at radius 3 is 2.38 bits per heavy atom. The molecule has 2 aliphatic heterocycles. The first-order chi connectivity index (χ1) is 13.7. The third-order valence-electron chi connectivity index (χ3n) is 5.29. The van der Waals surface area contributed by atoms with Crippen LogP contribution in [0.5, 0.6) is 0 Å². The number of guanidine groups is 1. The van der Waals surface area contributed by atoms with Gasteiger partial charge in [0.2, 0.25) is 5.95 Å². The van der Waals surface area contributed by atoms with Crippen LogP contribution >= 0.6 is 24.0 Å². The van der Waals surface area contributed by atoms with Crippen molar-refractivity contribution >= 4 is 41.7 Å². The molecule has 2 fully saturated rings. The van der Waals surface area contributed by atoms with Crippen LogP contribution in [0.15, 0.2) is 35.6 Å². The van der Waals surface area contributed by atoms with Crippen molar-refractivity contribution in [3.05, 3.63) is 41.9 Å². The van der Waals surface area contributed by atoms with Crippen molar-refractivity contribution in [2.45, 2.75) is 26.3 Å². The summed E-state index contributed by atoms with van der Waals surface area (Å²) in [5.74, 6) is 2.45. The summed E-state index contributed by atoms with van der Waals surface area (Å²) < 4.78 is 0. The van der Waals surface area contributed by atoms with Gasteiger partial charge in [0.25, 0.3) is 0 Å². The summed E-state index contributed by atoms with van der Waals surface area (Å²) >= 11 is 0. The number of rotatable bonds is 4. The van der Waals surface area contributed by atoms with E-state index in [0.717, 1.165) is 62.3 Å². The van der Waals surface area contributed by atoms with Gasteiger partial charge in [-0.15, -0.1) is 24.0 Å². The highest BCUT2D eigenvalue weighted by molar-refractivity contribution is 14.0. The van der Waals surface area contributed by atoms with Crippen LogP contribution in [0, 0.1) is 6.92 Å². The monoisotopic (exact) mass is 508 g/mol. The van der Waals surface area contributed by atoms with E-state index >= 15 is 0 Å². The fraction of sp³-hybridized carbons (Fsp3) is 0.500. The van der Waals surface area contributed by atoms with Gasteiger partial charge in [-0.05, 0) is 43.5 Å². The summed E-state index contributed by atoms with van der Waals surface area (Å²) in [5, 5.41) is 0. The van der Waals surface area contributed by atoms with Gasteiger partial charge in [0.1, 0.15) is 5.82 Å². The molecule has 0 spiro atoms. The Hall–Kier alpha value is -2.17. The first kappa shape index (κ1) is 21.5. The second-order valence-electron chi connectivity index (χ2n) is 7.37. The molecule has 0 aromatic carbocycles. The van der Waals surface area contributed by atoms with Crippen LogP contribution < -0.4 is 15.5 Å². The topological polar surface area (TPSA) is 86.8 Å². The molecule has 0 aliphatic carbocycles. The smallest absolute Gasteiger partial charge is 0.225 e. The molecule has 4 rings (SSSR count). The maximum Gasteiger partial charge on any atom is 0.225 e. The molecule has 2 saturated heterocycles. The number of aromatic nitrogens is 3. The first-order valence-electron chi connectivity index (χ1n) is 9.98. The number of aliphatic imine (C=N–C) groups is 1. The van der Waals surface area contributed by atoms with Crippen LogP contribution in [0.2, 0.25) is 0 Å². The Morgan fingerprint density at radius 2 is 1.69 bits per heavy atom. The number of nitrogens with two attached hydrogens (primary N) is 1. The van der Waals surface area contributed by atoms with Gasteiger partial charge in [-0.3, -0.25) is 0 Å². The molecule has 0 saturated carbocycles. The fourth-order valence-electron chi connectivity index (χ4n) is 3.78. The Bertz CT molecular complexity index is 814. The number of anilines is 2. The molecular formula is C20H29IN8. The largest absolute Gasteiger partial charge is 0.370 e. The quantitative estimate of drug-likeness (QED) is 0.384. The zero-order chi connectivity index (χ0) is 19.3. The number of piperazine rings is 1. The number of hydrogen-bond donors (Lipinski definition) is 1. The van der Waals surface area contributed by atoms with Crippen molar-refractivity contribution in [1.29, 1.82) is 0 Å². The highest BCUT2D eigenvalue weighted by atomic mass is 127. The lowest BCUT2D eigenvalue weighted by Gasteiger charge is -2.35. The minimum Gasteiger partial charge on any atom is -0.370 e. The molecule has 2 N–H and O–H groups in total. The number of pyridine rings is 1. The summed E-state index contributed by atoms with van der Waals surface area (Å²) in [5.41, 5.74) is 8.47. The van der Waals surface area contributed by atoms with Crippen molar-refractivity contribution in [2.75, 3.05) is 49.1 Å². The van der Waals surface area contributed by atoms with Crippen LogP contribution in [-0.2, 0) is 6.54 Å². The highest BCUT2D eigenvalue weighted by Crippen LogP contribution is 2.20. The molecule has 0 bridgehead atoms. The first-order valence-corrected chi connectivity index (χ1v) is 9.98. The standard InChI is InChI=1S/C20H28N8.HI/c1-16-13-17(14-18(25-16)26-7-2-3-8-26)15-24-19(21)27-9-11-28(12-10-27)20-22-5-4-6-23-20;/h4-6,13-14H,2-3,7-12,15H2,1H3,(H2,21,24);1H. The van der Waals surface area contributed by atoms with E-state index in [1.165, 1.54) is 12.8 Å². The molecule has 156 valence electrons. The van der Waals surface area contributed by atoms with Gasteiger partial charge in [0.15, 0.2) is 5.96 Å². The van der Waals surface area contributed by atoms with E-state index in [9.17, 15) is 0 Å². The van der Waals surface area contributed by atoms with Crippen molar-refractivity contribution in [3.63, 3.8) is 0 Å². The van der Waals surface area contributed by atoms with Crippen LogP contribution in [0.3, 0.4) is 0 Å². The fourth-order valence-corrected chi connectivity index (χ4v) is 3.78. The highest BCUT2D eigenvalue weighted by Gasteiger charge is 2.20. The lowest BCUT2D eigenvalue weighted by Crippen LogP contribution is -2.51. The third-order valence-corrected chi connectivity index (χ3v) is 5.29. The Kier molecular flexibility index (Phi) is 7.45. The number of hydrogen-bond acceptors (Lipinski definition) is 6. The van der Waals surface area contributed by atoms with Gasteiger partial charge in [-0.1, -0.05) is 0 Å². The SMILES string of the molecule is Cc1cc(CN=C(N)N2CCN(c3ncccn3)CC2)cc(N2CCCC2)n1.I. The van der Waals surface area contributed by atoms with Gasteiger partial charge >= 0.3 is 0 Å². The van der Waals surface area contributed by atoms with E-state index < -0.39 is 0 Å². The van der Waals surface area contributed by atoms with E-state index in [1.54, 1.807) is 12.4 Å². The summed E-state index contributed by atoms with van der Waals surface area (Å²) in [4.78, 5) is 24.7. The second-order valence-corrected chi connectivity index (χ2v) is 7.37. The molecule has 0 amide bonds. The molecular weight excluding hydrogens is 479 g/mol. The predicted molar refractivity (Wildman–Crippen MR) is 127 cm³/mol. The summed E-state index contributed by atoms with van der Waals surface area (Å²) in [6.45, 7) is 8.14. The lowest BCUT2D eigenvalue weighted by atomic mass is 10.2. The van der Waals surface area contributed by atoms with Gasteiger partial charge in [0, 0.05) is 57.4 Å². The third kappa shape index (κ3) is 5.46. The maximum atomic E-state index is 6.28.